The summed E-state index contributed by atoms with van der Waals surface area (Å²) in [6.07, 6.45) is 4.10. The Morgan fingerprint density at radius 2 is 1.93 bits per heavy atom. The molecule has 0 bridgehead atoms. The highest BCUT2D eigenvalue weighted by molar-refractivity contribution is 5.46. The Balaban J connectivity index is 2.58. The van der Waals surface area contributed by atoms with Crippen LogP contribution in [0.4, 0.5) is 5.69 Å². The van der Waals surface area contributed by atoms with Gasteiger partial charge in [-0.25, -0.2) is 0 Å². The van der Waals surface area contributed by atoms with Crippen LogP contribution in [0.25, 0.3) is 0 Å². The average molecular weight is 190 g/mol. The summed E-state index contributed by atoms with van der Waals surface area (Å²) in [6, 6.07) is 10.4. The lowest BCUT2D eigenvalue weighted by atomic mass is 10.3. The number of nitrogens with two attached hydrogens (primary N) is 1. The van der Waals surface area contributed by atoms with Crippen LogP contribution in [0.5, 0.6) is 0 Å². The molecule has 0 atom stereocenters. The summed E-state index contributed by atoms with van der Waals surface area (Å²) in [5, 5.41) is 0. The Labute approximate surface area is 86.0 Å². The molecule has 0 aromatic heterocycles. The molecule has 0 radical (unpaired) electrons. The van der Waals surface area contributed by atoms with E-state index in [9.17, 15) is 0 Å². The van der Waals surface area contributed by atoms with Gasteiger partial charge in [-0.1, -0.05) is 30.4 Å². The molecule has 0 amide bonds. The van der Waals surface area contributed by atoms with Crippen molar-refractivity contribution in [3.8, 4) is 0 Å². The molecule has 76 valence electrons. The Morgan fingerprint density at radius 1 is 1.21 bits per heavy atom. The van der Waals surface area contributed by atoms with Crippen LogP contribution in [0.2, 0.25) is 0 Å². The molecular weight excluding hydrogens is 172 g/mol. The van der Waals surface area contributed by atoms with Gasteiger partial charge in [-0.3, -0.25) is 0 Å². The van der Waals surface area contributed by atoms with Crippen LogP contribution >= 0.6 is 0 Å². The molecule has 1 rings (SSSR count). The number of rotatable bonds is 5. The van der Waals surface area contributed by atoms with Gasteiger partial charge in [0.25, 0.3) is 0 Å². The van der Waals surface area contributed by atoms with Crippen LogP contribution in [0, 0.1) is 0 Å². The monoisotopic (exact) mass is 190 g/mol. The van der Waals surface area contributed by atoms with Crippen molar-refractivity contribution in [2.75, 3.05) is 24.5 Å². The molecule has 0 saturated heterocycles. The molecule has 0 heterocycles. The van der Waals surface area contributed by atoms with Gasteiger partial charge in [-0.2, -0.15) is 0 Å². The predicted octanol–water partition coefficient (Wildman–Crippen LogP) is 2.03. The predicted molar refractivity (Wildman–Crippen MR) is 62.5 cm³/mol. The van der Waals surface area contributed by atoms with E-state index in [-0.39, 0.29) is 0 Å². The maximum absolute atomic E-state index is 5.39. The van der Waals surface area contributed by atoms with E-state index in [4.69, 9.17) is 5.73 Å². The summed E-state index contributed by atoms with van der Waals surface area (Å²) in [5.41, 5.74) is 6.65. The van der Waals surface area contributed by atoms with Gasteiger partial charge in [-0.05, 0) is 19.1 Å². The van der Waals surface area contributed by atoms with Crippen LogP contribution in [-0.4, -0.2) is 19.6 Å². The minimum Gasteiger partial charge on any atom is -0.368 e. The van der Waals surface area contributed by atoms with Crippen molar-refractivity contribution in [1.82, 2.24) is 0 Å². The van der Waals surface area contributed by atoms with Gasteiger partial charge in [0.05, 0.1) is 0 Å². The highest BCUT2D eigenvalue weighted by Gasteiger charge is 1.99. The molecule has 2 nitrogen and oxygen atoms in total. The van der Waals surface area contributed by atoms with Crippen LogP contribution in [-0.2, 0) is 0 Å². The topological polar surface area (TPSA) is 29.3 Å². The third-order valence-corrected chi connectivity index (χ3v) is 2.13. The highest BCUT2D eigenvalue weighted by Crippen LogP contribution is 2.11. The van der Waals surface area contributed by atoms with E-state index in [1.165, 1.54) is 5.69 Å². The molecule has 0 saturated carbocycles. The SMILES string of the molecule is CCN(CC=CCN)c1ccccc1. The molecule has 1 aromatic rings. The first-order valence-electron chi connectivity index (χ1n) is 5.03. The van der Waals surface area contributed by atoms with Crippen LogP contribution in [0.3, 0.4) is 0 Å². The van der Waals surface area contributed by atoms with E-state index in [1.807, 2.05) is 12.1 Å². The zero-order chi connectivity index (χ0) is 10.2. The Hall–Kier alpha value is -1.28. The Bertz CT molecular complexity index is 267. The summed E-state index contributed by atoms with van der Waals surface area (Å²) in [6.45, 7) is 4.71. The quantitative estimate of drug-likeness (QED) is 0.720. The lowest BCUT2D eigenvalue weighted by Gasteiger charge is -2.21. The molecular formula is C12H18N2. The second-order valence-corrected chi connectivity index (χ2v) is 3.08. The van der Waals surface area contributed by atoms with Gasteiger partial charge in [-0.15, -0.1) is 0 Å². The molecule has 0 unspecified atom stereocenters. The fourth-order valence-electron chi connectivity index (χ4n) is 1.35. The number of hydrogen-bond acceptors (Lipinski definition) is 2. The largest absolute Gasteiger partial charge is 0.368 e. The number of para-hydroxylation sites is 1. The van der Waals surface area contributed by atoms with Crippen LogP contribution in [0.1, 0.15) is 6.92 Å². The smallest absolute Gasteiger partial charge is 0.0368 e. The number of hydrogen-bond donors (Lipinski definition) is 1. The van der Waals surface area contributed by atoms with Crippen molar-refractivity contribution in [3.05, 3.63) is 42.5 Å². The first kappa shape index (κ1) is 10.8. The summed E-state index contributed by atoms with van der Waals surface area (Å²) in [4.78, 5) is 2.30. The molecule has 0 aliphatic rings. The van der Waals surface area contributed by atoms with Crippen molar-refractivity contribution in [1.29, 1.82) is 0 Å². The van der Waals surface area contributed by atoms with Crippen molar-refractivity contribution in [2.24, 2.45) is 5.73 Å². The van der Waals surface area contributed by atoms with Gasteiger partial charge in [0.15, 0.2) is 0 Å². The molecule has 14 heavy (non-hydrogen) atoms. The van der Waals surface area contributed by atoms with Gasteiger partial charge in [0, 0.05) is 25.3 Å². The van der Waals surface area contributed by atoms with E-state index in [1.54, 1.807) is 0 Å². The molecule has 1 aromatic carbocycles. The lowest BCUT2D eigenvalue weighted by molar-refractivity contribution is 0.904. The molecule has 2 heteroatoms. The van der Waals surface area contributed by atoms with Crippen molar-refractivity contribution >= 4 is 5.69 Å². The van der Waals surface area contributed by atoms with E-state index in [0.717, 1.165) is 13.1 Å². The first-order valence-corrected chi connectivity index (χ1v) is 5.03. The standard InChI is InChI=1S/C12H18N2/c1-2-14(11-7-6-10-13)12-8-4-3-5-9-12/h3-9H,2,10-11,13H2,1H3. The zero-order valence-corrected chi connectivity index (χ0v) is 8.69. The van der Waals surface area contributed by atoms with Gasteiger partial charge in [0.2, 0.25) is 0 Å². The van der Waals surface area contributed by atoms with Gasteiger partial charge >= 0.3 is 0 Å². The van der Waals surface area contributed by atoms with Gasteiger partial charge in [0.1, 0.15) is 0 Å². The number of nitrogens with zero attached hydrogens (tertiary/aromatic N) is 1. The fourth-order valence-corrected chi connectivity index (χ4v) is 1.35. The highest BCUT2D eigenvalue weighted by atomic mass is 15.1. The normalized spacial score (nSPS) is 10.7. The maximum atomic E-state index is 5.39. The van der Waals surface area contributed by atoms with E-state index < -0.39 is 0 Å². The van der Waals surface area contributed by atoms with Crippen molar-refractivity contribution in [2.45, 2.75) is 6.92 Å². The third-order valence-electron chi connectivity index (χ3n) is 2.13. The minimum atomic E-state index is 0.617. The Morgan fingerprint density at radius 3 is 2.50 bits per heavy atom. The number of likely N-dealkylation sites (N-methyl/N-ethyl adjacent to an activating group) is 1. The number of benzene rings is 1. The molecule has 0 spiro atoms. The lowest BCUT2D eigenvalue weighted by Crippen LogP contribution is -2.22. The Kier molecular flexibility index (Phi) is 4.79. The van der Waals surface area contributed by atoms with Crippen LogP contribution < -0.4 is 10.6 Å². The number of anilines is 1. The maximum Gasteiger partial charge on any atom is 0.0368 e. The van der Waals surface area contributed by atoms with E-state index in [0.29, 0.717) is 6.54 Å². The van der Waals surface area contributed by atoms with E-state index >= 15 is 0 Å². The minimum absolute atomic E-state index is 0.617. The van der Waals surface area contributed by atoms with Crippen LogP contribution in [0.15, 0.2) is 42.5 Å². The van der Waals surface area contributed by atoms with Crippen molar-refractivity contribution < 1.29 is 0 Å². The first-order chi connectivity index (χ1) is 6.88. The fraction of sp³-hybridized carbons (Fsp3) is 0.333. The molecule has 0 fully saturated rings. The summed E-state index contributed by atoms with van der Waals surface area (Å²) in [7, 11) is 0. The summed E-state index contributed by atoms with van der Waals surface area (Å²) < 4.78 is 0. The third kappa shape index (κ3) is 3.23. The summed E-state index contributed by atoms with van der Waals surface area (Å²) >= 11 is 0. The average Bonchev–Trinajstić information content (AvgIpc) is 2.26. The zero-order valence-electron chi connectivity index (χ0n) is 8.69. The molecule has 2 N–H and O–H groups in total. The molecule has 0 aliphatic carbocycles. The summed E-state index contributed by atoms with van der Waals surface area (Å²) in [5.74, 6) is 0. The van der Waals surface area contributed by atoms with Crippen molar-refractivity contribution in [3.63, 3.8) is 0 Å². The second kappa shape index (κ2) is 6.22. The van der Waals surface area contributed by atoms with E-state index in [2.05, 4.69) is 42.2 Å². The van der Waals surface area contributed by atoms with Gasteiger partial charge < -0.3 is 10.6 Å². The second-order valence-electron chi connectivity index (χ2n) is 3.08. The molecule has 0 aliphatic heterocycles.